The quantitative estimate of drug-likeness (QED) is 0.710. The van der Waals surface area contributed by atoms with Crippen molar-refractivity contribution in [3.63, 3.8) is 0 Å². The molecule has 0 bridgehead atoms. The molecule has 0 spiro atoms. The fourth-order valence-electron chi connectivity index (χ4n) is 3.50. The topological polar surface area (TPSA) is 55.4 Å². The van der Waals surface area contributed by atoms with Gasteiger partial charge in [-0.15, -0.1) is 0 Å². The Bertz CT molecular complexity index is 383. The highest BCUT2D eigenvalue weighted by Gasteiger charge is 2.35. The summed E-state index contributed by atoms with van der Waals surface area (Å²) in [5, 5.41) is 3.46. The summed E-state index contributed by atoms with van der Waals surface area (Å²) in [6.45, 7) is 8.02. The molecule has 0 aromatic carbocycles. The Morgan fingerprint density at radius 3 is 2.48 bits per heavy atom. The van der Waals surface area contributed by atoms with Crippen LogP contribution in [0.4, 0.5) is 0 Å². The van der Waals surface area contributed by atoms with Gasteiger partial charge in [-0.2, -0.15) is 0 Å². The van der Waals surface area contributed by atoms with Crippen molar-refractivity contribution in [2.24, 2.45) is 5.92 Å². The van der Waals surface area contributed by atoms with Gasteiger partial charge in [0.2, 0.25) is 0 Å². The van der Waals surface area contributed by atoms with Gasteiger partial charge in [0.1, 0.15) is 9.84 Å². The van der Waals surface area contributed by atoms with Crippen LogP contribution in [0, 0.1) is 5.92 Å². The predicted molar refractivity (Wildman–Crippen MR) is 88.4 cm³/mol. The van der Waals surface area contributed by atoms with Crippen LogP contribution in [0.5, 0.6) is 0 Å². The molecule has 5 heteroatoms. The Labute approximate surface area is 130 Å². The molecule has 4 unspecified atom stereocenters. The average molecular weight is 320 g/mol. The van der Waals surface area contributed by atoms with Gasteiger partial charge in [-0.25, -0.2) is 8.42 Å². The van der Waals surface area contributed by atoms with Gasteiger partial charge in [0.25, 0.3) is 0 Å². The van der Waals surface area contributed by atoms with E-state index >= 15 is 0 Å². The Kier molecular flexibility index (Phi) is 8.21. The van der Waals surface area contributed by atoms with Crippen molar-refractivity contribution in [3.8, 4) is 0 Å². The third kappa shape index (κ3) is 5.87. The normalized spacial score (nSPS) is 26.5. The molecule has 1 rings (SSSR count). The number of ether oxygens (including phenoxy) is 1. The highest BCUT2D eigenvalue weighted by Crippen LogP contribution is 2.32. The van der Waals surface area contributed by atoms with E-state index in [1.807, 2.05) is 6.92 Å². The van der Waals surface area contributed by atoms with Gasteiger partial charge >= 0.3 is 0 Å². The third-order valence-electron chi connectivity index (χ3n) is 4.59. The first-order chi connectivity index (χ1) is 9.93. The summed E-state index contributed by atoms with van der Waals surface area (Å²) in [6, 6.07) is 0.277. The lowest BCUT2D eigenvalue weighted by Gasteiger charge is -2.38. The van der Waals surface area contributed by atoms with Crippen LogP contribution in [0.1, 0.15) is 59.3 Å². The molecule has 4 atom stereocenters. The van der Waals surface area contributed by atoms with Crippen LogP contribution >= 0.6 is 0 Å². The van der Waals surface area contributed by atoms with Gasteiger partial charge in [0, 0.05) is 18.9 Å². The molecule has 4 nitrogen and oxygen atoms in total. The van der Waals surface area contributed by atoms with Gasteiger partial charge < -0.3 is 10.1 Å². The van der Waals surface area contributed by atoms with Gasteiger partial charge in [0.05, 0.1) is 11.4 Å². The number of hydrogen-bond donors (Lipinski definition) is 1. The van der Waals surface area contributed by atoms with E-state index in [4.69, 9.17) is 4.74 Å². The monoisotopic (exact) mass is 319 g/mol. The first kappa shape index (κ1) is 18.9. The number of hydrogen-bond acceptors (Lipinski definition) is 4. The van der Waals surface area contributed by atoms with E-state index in [-0.39, 0.29) is 17.4 Å². The van der Waals surface area contributed by atoms with Gasteiger partial charge in [-0.1, -0.05) is 20.3 Å². The summed E-state index contributed by atoms with van der Waals surface area (Å²) in [6.07, 6.45) is 7.34. The minimum atomic E-state index is -2.93. The van der Waals surface area contributed by atoms with Crippen molar-refractivity contribution < 1.29 is 13.2 Å². The molecule has 1 fully saturated rings. The summed E-state index contributed by atoms with van der Waals surface area (Å²) >= 11 is 0. The molecule has 1 N–H and O–H groups in total. The van der Waals surface area contributed by atoms with Crippen LogP contribution in [0.15, 0.2) is 0 Å². The molecule has 0 aromatic heterocycles. The van der Waals surface area contributed by atoms with Crippen LogP contribution in [-0.4, -0.2) is 45.2 Å². The highest BCUT2D eigenvalue weighted by molar-refractivity contribution is 7.91. The fraction of sp³-hybridized carbons (Fsp3) is 1.00. The number of rotatable bonds is 9. The number of sulfone groups is 1. The molecule has 1 aliphatic carbocycles. The first-order valence-corrected chi connectivity index (χ1v) is 10.4. The minimum absolute atomic E-state index is 0.165. The second-order valence-corrected chi connectivity index (χ2v) is 8.59. The lowest BCUT2D eigenvalue weighted by atomic mass is 9.80. The van der Waals surface area contributed by atoms with E-state index in [0.717, 1.165) is 45.1 Å². The zero-order chi connectivity index (χ0) is 15.9. The predicted octanol–water partition coefficient (Wildman–Crippen LogP) is 2.77. The molecule has 0 amide bonds. The van der Waals surface area contributed by atoms with E-state index in [1.165, 1.54) is 6.26 Å². The summed E-state index contributed by atoms with van der Waals surface area (Å²) in [7, 11) is -2.93. The maximum atomic E-state index is 11.9. The molecule has 21 heavy (non-hydrogen) atoms. The van der Waals surface area contributed by atoms with E-state index < -0.39 is 9.84 Å². The second kappa shape index (κ2) is 9.11. The lowest BCUT2D eigenvalue weighted by molar-refractivity contribution is 0.00956. The van der Waals surface area contributed by atoms with Gasteiger partial charge in [-0.05, 0) is 51.5 Å². The molecule has 0 heterocycles. The van der Waals surface area contributed by atoms with Crippen molar-refractivity contribution in [1.29, 1.82) is 0 Å². The molecule has 126 valence electrons. The second-order valence-electron chi connectivity index (χ2n) is 6.26. The summed E-state index contributed by atoms with van der Waals surface area (Å²) in [4.78, 5) is 0. The van der Waals surface area contributed by atoms with Crippen molar-refractivity contribution >= 4 is 9.84 Å². The van der Waals surface area contributed by atoms with Crippen LogP contribution < -0.4 is 5.32 Å². The van der Waals surface area contributed by atoms with Crippen LogP contribution in [0.25, 0.3) is 0 Å². The maximum absolute atomic E-state index is 11.9. The van der Waals surface area contributed by atoms with E-state index in [2.05, 4.69) is 19.2 Å². The van der Waals surface area contributed by atoms with E-state index in [1.54, 1.807) is 0 Å². The third-order valence-corrected chi connectivity index (χ3v) is 6.23. The van der Waals surface area contributed by atoms with E-state index in [0.29, 0.717) is 12.5 Å². The first-order valence-electron chi connectivity index (χ1n) is 8.47. The summed E-state index contributed by atoms with van der Waals surface area (Å²) in [5.74, 6) is 0.404. The highest BCUT2D eigenvalue weighted by atomic mass is 32.2. The van der Waals surface area contributed by atoms with Crippen molar-refractivity contribution in [2.75, 3.05) is 19.4 Å². The Balaban J connectivity index is 2.80. The average Bonchev–Trinajstić information content (AvgIpc) is 2.46. The van der Waals surface area contributed by atoms with E-state index in [9.17, 15) is 8.42 Å². The summed E-state index contributed by atoms with van der Waals surface area (Å²) < 4.78 is 29.7. The minimum Gasteiger partial charge on any atom is -0.377 e. The molecule has 1 saturated carbocycles. The molecule has 0 saturated heterocycles. The lowest BCUT2D eigenvalue weighted by Crippen LogP contribution is -2.49. The van der Waals surface area contributed by atoms with Gasteiger partial charge in [0.15, 0.2) is 0 Å². The fourth-order valence-corrected chi connectivity index (χ4v) is 4.69. The summed E-state index contributed by atoms with van der Waals surface area (Å²) in [5.41, 5.74) is 0. The van der Waals surface area contributed by atoms with Crippen LogP contribution in [-0.2, 0) is 14.6 Å². The molecular weight excluding hydrogens is 286 g/mol. The molecular formula is C16H33NO3S. The Morgan fingerprint density at radius 2 is 1.95 bits per heavy atom. The van der Waals surface area contributed by atoms with Crippen molar-refractivity contribution in [1.82, 2.24) is 5.32 Å². The largest absolute Gasteiger partial charge is 0.377 e. The number of nitrogens with one attached hydrogen (secondary N) is 1. The maximum Gasteiger partial charge on any atom is 0.150 e. The molecule has 0 radical (unpaired) electrons. The Morgan fingerprint density at radius 1 is 1.24 bits per heavy atom. The van der Waals surface area contributed by atoms with Crippen molar-refractivity contribution in [3.05, 3.63) is 0 Å². The SMILES string of the molecule is CCCNC(C1CCCC(S(C)(=O)=O)C1)C(CC)OCC. The zero-order valence-corrected chi connectivity index (χ0v) is 14.9. The van der Waals surface area contributed by atoms with Gasteiger partial charge in [-0.3, -0.25) is 0 Å². The molecule has 0 aliphatic heterocycles. The zero-order valence-electron chi connectivity index (χ0n) is 14.1. The smallest absolute Gasteiger partial charge is 0.150 e. The van der Waals surface area contributed by atoms with Crippen LogP contribution in [0.2, 0.25) is 0 Å². The Hall–Kier alpha value is -0.130. The molecule has 0 aromatic rings. The molecule has 1 aliphatic rings. The van der Waals surface area contributed by atoms with Crippen LogP contribution in [0.3, 0.4) is 0 Å². The standard InChI is InChI=1S/C16H33NO3S/c1-5-11-17-16(15(6-2)20-7-3)13-9-8-10-14(12-13)21(4,18)19/h13-17H,5-12H2,1-4H3. The van der Waals surface area contributed by atoms with Crippen molar-refractivity contribution in [2.45, 2.75) is 76.7 Å².